The van der Waals surface area contributed by atoms with E-state index in [1.807, 2.05) is 6.92 Å². The number of nitrogens with one attached hydrogen (secondary N) is 1. The SMILES string of the molecule is CNC1C(O)C(OC2C(N)C(O)C(N)C(OC3OC([C@@H](C)N)CCC3N)C2O)OCC1(C)O. The molecule has 1 aliphatic carbocycles. The van der Waals surface area contributed by atoms with E-state index in [0.29, 0.717) is 12.8 Å². The molecular weight excluding hydrogens is 438 g/mol. The van der Waals surface area contributed by atoms with E-state index < -0.39 is 72.9 Å². The molecule has 0 bridgehead atoms. The summed E-state index contributed by atoms with van der Waals surface area (Å²) in [4.78, 5) is 0. The van der Waals surface area contributed by atoms with Gasteiger partial charge in [-0.2, -0.15) is 0 Å². The van der Waals surface area contributed by atoms with Crippen molar-refractivity contribution in [2.45, 2.75) is 112 Å². The van der Waals surface area contributed by atoms with Crippen LogP contribution in [0, 0.1) is 0 Å². The highest BCUT2D eigenvalue weighted by Gasteiger charge is 2.53. The molecule has 194 valence electrons. The Bertz CT molecular complexity index is 646. The fraction of sp³-hybridized carbons (Fsp3) is 1.00. The fourth-order valence-corrected chi connectivity index (χ4v) is 4.86. The van der Waals surface area contributed by atoms with Crippen molar-refractivity contribution < 1.29 is 39.4 Å². The predicted octanol–water partition coefficient (Wildman–Crippen LogP) is -4.62. The van der Waals surface area contributed by atoms with E-state index in [2.05, 4.69) is 5.32 Å². The molecule has 3 fully saturated rings. The van der Waals surface area contributed by atoms with Crippen LogP contribution in [-0.2, 0) is 18.9 Å². The second kappa shape index (κ2) is 10.6. The predicted molar refractivity (Wildman–Crippen MR) is 116 cm³/mol. The van der Waals surface area contributed by atoms with Gasteiger partial charge in [0.25, 0.3) is 0 Å². The largest absolute Gasteiger partial charge is 0.390 e. The summed E-state index contributed by atoms with van der Waals surface area (Å²) < 4.78 is 23.2. The van der Waals surface area contributed by atoms with Crippen LogP contribution in [0.15, 0.2) is 0 Å². The molecule has 0 amide bonds. The van der Waals surface area contributed by atoms with E-state index in [9.17, 15) is 20.4 Å². The molecule has 2 saturated heterocycles. The topological polar surface area (TPSA) is 234 Å². The Kier molecular flexibility index (Phi) is 8.71. The Morgan fingerprint density at radius 2 is 1.55 bits per heavy atom. The third kappa shape index (κ3) is 5.51. The molecule has 0 radical (unpaired) electrons. The number of hydrogen-bond acceptors (Lipinski definition) is 13. The summed E-state index contributed by atoms with van der Waals surface area (Å²) in [5.41, 5.74) is 23.0. The number of nitrogens with two attached hydrogens (primary N) is 4. The minimum Gasteiger partial charge on any atom is -0.390 e. The fourth-order valence-electron chi connectivity index (χ4n) is 4.86. The van der Waals surface area contributed by atoms with E-state index in [1.165, 1.54) is 6.92 Å². The summed E-state index contributed by atoms with van der Waals surface area (Å²) >= 11 is 0. The maximum Gasteiger partial charge on any atom is 0.185 e. The van der Waals surface area contributed by atoms with Crippen LogP contribution in [0.4, 0.5) is 0 Å². The highest BCUT2D eigenvalue weighted by atomic mass is 16.7. The third-order valence-corrected chi connectivity index (χ3v) is 6.97. The van der Waals surface area contributed by atoms with E-state index in [0.717, 1.165) is 0 Å². The van der Waals surface area contributed by atoms with Gasteiger partial charge in [0.05, 0.1) is 43.0 Å². The first kappa shape index (κ1) is 27.1. The van der Waals surface area contributed by atoms with E-state index in [4.69, 9.17) is 41.9 Å². The quantitative estimate of drug-likeness (QED) is 0.175. The van der Waals surface area contributed by atoms with Gasteiger partial charge >= 0.3 is 0 Å². The van der Waals surface area contributed by atoms with Crippen LogP contribution in [0.5, 0.6) is 0 Å². The highest BCUT2D eigenvalue weighted by molar-refractivity contribution is 5.06. The van der Waals surface area contributed by atoms with Crippen molar-refractivity contribution in [2.24, 2.45) is 22.9 Å². The Morgan fingerprint density at radius 1 is 0.970 bits per heavy atom. The summed E-state index contributed by atoms with van der Waals surface area (Å²) in [6.07, 6.45) is -7.43. The van der Waals surface area contributed by atoms with Crippen LogP contribution >= 0.6 is 0 Å². The summed E-state index contributed by atoms with van der Waals surface area (Å²) in [5.74, 6) is 0. The average molecular weight is 480 g/mol. The molecule has 0 aromatic heterocycles. The van der Waals surface area contributed by atoms with Gasteiger partial charge in [-0.15, -0.1) is 0 Å². The Labute approximate surface area is 193 Å². The molecule has 13 heteroatoms. The summed E-state index contributed by atoms with van der Waals surface area (Å²) in [6.45, 7) is 3.20. The first-order valence-corrected chi connectivity index (χ1v) is 11.4. The number of aliphatic hydroxyl groups is 4. The Hall–Kier alpha value is -0.520. The zero-order valence-electron chi connectivity index (χ0n) is 19.4. The van der Waals surface area contributed by atoms with E-state index >= 15 is 0 Å². The zero-order chi connectivity index (χ0) is 24.7. The minimum atomic E-state index is -1.39. The zero-order valence-corrected chi connectivity index (χ0v) is 19.4. The Balaban J connectivity index is 1.74. The van der Waals surface area contributed by atoms with Crippen LogP contribution in [0.1, 0.15) is 26.7 Å². The lowest BCUT2D eigenvalue weighted by atomic mass is 9.81. The van der Waals surface area contributed by atoms with Crippen molar-refractivity contribution in [1.29, 1.82) is 0 Å². The molecular formula is C20H41N5O8. The van der Waals surface area contributed by atoms with Crippen LogP contribution in [0.2, 0.25) is 0 Å². The van der Waals surface area contributed by atoms with Crippen LogP contribution in [0.3, 0.4) is 0 Å². The standard InChI is InChI=1S/C20H41N5O8/c1-7(21)9-5-4-8(22)18(31-9)32-15-10(23)12(26)11(24)16(13(15)27)33-19-14(28)17(25-3)20(2,29)6-30-19/h7-19,25-29H,4-6,21-24H2,1-3H3/t7-,8?,9?,10?,11?,12?,13?,14?,15?,16?,17?,18?,19?,20?/m1/s1. The molecule has 33 heavy (non-hydrogen) atoms. The second-order valence-electron chi connectivity index (χ2n) is 9.77. The lowest BCUT2D eigenvalue weighted by Gasteiger charge is -2.49. The Morgan fingerprint density at radius 3 is 2.09 bits per heavy atom. The first-order chi connectivity index (χ1) is 15.4. The van der Waals surface area contributed by atoms with Gasteiger partial charge in [-0.3, -0.25) is 0 Å². The molecule has 0 spiro atoms. The van der Waals surface area contributed by atoms with Crippen LogP contribution < -0.4 is 28.3 Å². The molecule has 1 saturated carbocycles. The molecule has 2 aliphatic heterocycles. The summed E-state index contributed by atoms with van der Waals surface area (Å²) in [6, 6.07) is -3.64. The van der Waals surface area contributed by atoms with Gasteiger partial charge in [-0.1, -0.05) is 0 Å². The van der Waals surface area contributed by atoms with Crippen molar-refractivity contribution in [3.05, 3.63) is 0 Å². The van der Waals surface area contributed by atoms with Gasteiger partial charge < -0.3 is 67.6 Å². The molecule has 3 rings (SSSR count). The molecule has 0 aromatic carbocycles. The van der Waals surface area contributed by atoms with Gasteiger partial charge in [0, 0.05) is 6.04 Å². The molecule has 14 atom stereocenters. The van der Waals surface area contributed by atoms with Crippen LogP contribution in [-0.4, -0.2) is 119 Å². The minimum absolute atomic E-state index is 0.135. The van der Waals surface area contributed by atoms with Gasteiger partial charge in [0.1, 0.15) is 30.0 Å². The van der Waals surface area contributed by atoms with E-state index in [1.54, 1.807) is 7.05 Å². The van der Waals surface area contributed by atoms with Gasteiger partial charge in [0.15, 0.2) is 12.6 Å². The maximum absolute atomic E-state index is 11.1. The van der Waals surface area contributed by atoms with Gasteiger partial charge in [-0.25, -0.2) is 0 Å². The monoisotopic (exact) mass is 479 g/mol. The number of aliphatic hydroxyl groups excluding tert-OH is 3. The summed E-state index contributed by atoms with van der Waals surface area (Å²) in [7, 11) is 1.58. The molecule has 13 unspecified atom stereocenters. The molecule has 13 nitrogen and oxygen atoms in total. The molecule has 0 aromatic rings. The van der Waals surface area contributed by atoms with Gasteiger partial charge in [-0.05, 0) is 33.7 Å². The smallest absolute Gasteiger partial charge is 0.185 e. The normalized spacial score (nSPS) is 52.5. The number of ether oxygens (including phenoxy) is 4. The van der Waals surface area contributed by atoms with Crippen molar-refractivity contribution >= 4 is 0 Å². The second-order valence-corrected chi connectivity index (χ2v) is 9.77. The maximum atomic E-state index is 11.1. The first-order valence-electron chi connectivity index (χ1n) is 11.4. The number of likely N-dealkylation sites (N-methyl/N-ethyl adjacent to an activating group) is 1. The van der Waals surface area contributed by atoms with Crippen LogP contribution in [0.25, 0.3) is 0 Å². The molecule has 2 heterocycles. The van der Waals surface area contributed by atoms with Crippen molar-refractivity contribution in [3.8, 4) is 0 Å². The lowest BCUT2D eigenvalue weighted by molar-refractivity contribution is -0.313. The number of rotatable bonds is 6. The van der Waals surface area contributed by atoms with E-state index in [-0.39, 0.29) is 18.8 Å². The van der Waals surface area contributed by atoms with Crippen molar-refractivity contribution in [1.82, 2.24) is 5.32 Å². The highest BCUT2D eigenvalue weighted by Crippen LogP contribution is 2.31. The van der Waals surface area contributed by atoms with Gasteiger partial charge in [0.2, 0.25) is 0 Å². The number of hydrogen-bond donors (Lipinski definition) is 9. The third-order valence-electron chi connectivity index (χ3n) is 6.97. The average Bonchev–Trinajstić information content (AvgIpc) is 2.75. The summed E-state index contributed by atoms with van der Waals surface area (Å²) in [5, 5.41) is 45.7. The molecule has 3 aliphatic rings. The molecule has 13 N–H and O–H groups in total. The lowest BCUT2D eigenvalue weighted by Crippen LogP contribution is -2.73. The van der Waals surface area contributed by atoms with Crippen molar-refractivity contribution in [2.75, 3.05) is 13.7 Å². The van der Waals surface area contributed by atoms with Crippen molar-refractivity contribution in [3.63, 3.8) is 0 Å².